The highest BCUT2D eigenvalue weighted by atomic mass is 16.5. The lowest BCUT2D eigenvalue weighted by molar-refractivity contribution is 0.0642. The first kappa shape index (κ1) is 21.1. The Labute approximate surface area is 182 Å². The van der Waals surface area contributed by atoms with Crippen molar-refractivity contribution < 1.29 is 19.1 Å². The van der Waals surface area contributed by atoms with Gasteiger partial charge in [0.25, 0.3) is 17.7 Å². The van der Waals surface area contributed by atoms with Gasteiger partial charge in [-0.1, -0.05) is 50.3 Å². The van der Waals surface area contributed by atoms with Crippen LogP contribution in [0.3, 0.4) is 0 Å². The third-order valence-electron chi connectivity index (χ3n) is 6.17. The largest absolute Gasteiger partial charge is 0.496 e. The molecule has 6 nitrogen and oxygen atoms in total. The highest BCUT2D eigenvalue weighted by molar-refractivity contribution is 6.21. The van der Waals surface area contributed by atoms with E-state index in [-0.39, 0.29) is 30.3 Å². The minimum Gasteiger partial charge on any atom is -0.496 e. The molecule has 2 aromatic carbocycles. The van der Waals surface area contributed by atoms with Crippen molar-refractivity contribution in [1.82, 2.24) is 10.2 Å². The molecule has 0 saturated heterocycles. The number of nitrogens with one attached hydrogen (secondary N) is 1. The molecule has 1 N–H and O–H groups in total. The van der Waals surface area contributed by atoms with Gasteiger partial charge in [0.15, 0.2) is 0 Å². The summed E-state index contributed by atoms with van der Waals surface area (Å²) in [5.74, 6) is -0.310. The molecule has 1 heterocycles. The molecule has 0 radical (unpaired) electrons. The summed E-state index contributed by atoms with van der Waals surface area (Å²) < 4.78 is 5.41. The van der Waals surface area contributed by atoms with Crippen LogP contribution in [0.2, 0.25) is 0 Å². The topological polar surface area (TPSA) is 75.7 Å². The first-order valence-corrected chi connectivity index (χ1v) is 11.0. The average Bonchev–Trinajstić information content (AvgIpc) is 3.00. The van der Waals surface area contributed by atoms with Crippen molar-refractivity contribution in [2.45, 2.75) is 57.5 Å². The quantitative estimate of drug-likeness (QED) is 0.731. The first-order valence-electron chi connectivity index (χ1n) is 11.0. The van der Waals surface area contributed by atoms with Gasteiger partial charge in [0, 0.05) is 6.04 Å². The van der Waals surface area contributed by atoms with Gasteiger partial charge in [-0.15, -0.1) is 0 Å². The van der Waals surface area contributed by atoms with E-state index in [9.17, 15) is 14.4 Å². The molecule has 0 atom stereocenters. The average molecular weight is 421 g/mol. The molecule has 31 heavy (non-hydrogen) atoms. The second-order valence-corrected chi connectivity index (χ2v) is 8.29. The number of imide groups is 1. The number of ether oxygens (including phenoxy) is 1. The van der Waals surface area contributed by atoms with Gasteiger partial charge in [0.05, 0.1) is 30.3 Å². The normalized spacial score (nSPS) is 17.1. The zero-order valence-corrected chi connectivity index (χ0v) is 17.9. The Kier molecular flexibility index (Phi) is 6.35. The number of amides is 3. The van der Waals surface area contributed by atoms with Crippen molar-refractivity contribution in [3.63, 3.8) is 0 Å². The van der Waals surface area contributed by atoms with E-state index in [0.717, 1.165) is 25.7 Å². The fourth-order valence-electron chi connectivity index (χ4n) is 4.46. The molecular formula is C25H28N2O4. The highest BCUT2D eigenvalue weighted by Crippen LogP contribution is 2.27. The van der Waals surface area contributed by atoms with E-state index >= 15 is 0 Å². The van der Waals surface area contributed by atoms with Crippen LogP contribution in [0.25, 0.3) is 0 Å². The zero-order valence-electron chi connectivity index (χ0n) is 17.9. The molecule has 2 aliphatic rings. The summed E-state index contributed by atoms with van der Waals surface area (Å²) in [6, 6.07) is 12.2. The molecule has 1 saturated carbocycles. The first-order chi connectivity index (χ1) is 15.1. The molecule has 1 aliphatic heterocycles. The molecule has 0 bridgehead atoms. The smallest absolute Gasteiger partial charge is 0.261 e. The lowest BCUT2D eigenvalue weighted by Gasteiger charge is -2.22. The van der Waals surface area contributed by atoms with Crippen LogP contribution >= 0.6 is 0 Å². The Balaban J connectivity index is 1.52. The Morgan fingerprint density at radius 3 is 2.19 bits per heavy atom. The Bertz CT molecular complexity index is 958. The predicted octanol–water partition coefficient (Wildman–Crippen LogP) is 4.33. The van der Waals surface area contributed by atoms with Gasteiger partial charge in [-0.05, 0) is 42.7 Å². The van der Waals surface area contributed by atoms with Crippen LogP contribution in [0, 0.1) is 0 Å². The van der Waals surface area contributed by atoms with Crippen molar-refractivity contribution in [3.05, 3.63) is 64.7 Å². The number of carbonyl (C=O) groups excluding carboxylic acids is 3. The fraction of sp³-hybridized carbons (Fsp3) is 0.400. The van der Waals surface area contributed by atoms with E-state index in [1.807, 2.05) is 0 Å². The van der Waals surface area contributed by atoms with Crippen LogP contribution in [0.4, 0.5) is 0 Å². The van der Waals surface area contributed by atoms with Crippen LogP contribution in [0.5, 0.6) is 5.75 Å². The lowest BCUT2D eigenvalue weighted by Crippen LogP contribution is -2.35. The van der Waals surface area contributed by atoms with Gasteiger partial charge in [0.1, 0.15) is 5.75 Å². The molecule has 0 spiro atoms. The van der Waals surface area contributed by atoms with Gasteiger partial charge in [-0.2, -0.15) is 0 Å². The monoisotopic (exact) mass is 420 g/mol. The Morgan fingerprint density at radius 2 is 1.58 bits per heavy atom. The summed E-state index contributed by atoms with van der Waals surface area (Å²) in [7, 11) is 1.53. The third kappa shape index (κ3) is 4.48. The van der Waals surface area contributed by atoms with Crippen molar-refractivity contribution in [2.24, 2.45) is 0 Å². The molecule has 0 unspecified atom stereocenters. The molecule has 0 aromatic heterocycles. The van der Waals surface area contributed by atoms with E-state index in [1.165, 1.54) is 31.3 Å². The number of nitrogens with zero attached hydrogens (tertiary/aromatic N) is 1. The molecule has 1 fully saturated rings. The van der Waals surface area contributed by atoms with Crippen molar-refractivity contribution in [3.8, 4) is 5.75 Å². The van der Waals surface area contributed by atoms with Gasteiger partial charge in [-0.25, -0.2) is 0 Å². The van der Waals surface area contributed by atoms with Gasteiger partial charge in [0.2, 0.25) is 0 Å². The fourth-order valence-corrected chi connectivity index (χ4v) is 4.46. The molecule has 3 amide bonds. The summed E-state index contributed by atoms with van der Waals surface area (Å²) in [5.41, 5.74) is 1.98. The predicted molar refractivity (Wildman–Crippen MR) is 117 cm³/mol. The summed E-state index contributed by atoms with van der Waals surface area (Å²) in [6.45, 7) is 0.111. The molecule has 1 aliphatic carbocycles. The summed E-state index contributed by atoms with van der Waals surface area (Å²) in [4.78, 5) is 39.6. The summed E-state index contributed by atoms with van der Waals surface area (Å²) in [6.07, 6.45) is 7.93. The second-order valence-electron chi connectivity index (χ2n) is 8.29. The van der Waals surface area contributed by atoms with Gasteiger partial charge < -0.3 is 10.1 Å². The SMILES string of the molecule is COc1ccc(CN2C(=O)c3ccccc3C2=O)cc1C(=O)NC1CCCCCCC1. The zero-order chi connectivity index (χ0) is 21.8. The van der Waals surface area contributed by atoms with Crippen LogP contribution in [0.15, 0.2) is 42.5 Å². The molecule has 4 rings (SSSR count). The van der Waals surface area contributed by atoms with E-state index in [1.54, 1.807) is 42.5 Å². The molecule has 6 heteroatoms. The number of hydrogen-bond donors (Lipinski definition) is 1. The maximum absolute atomic E-state index is 13.0. The minimum absolute atomic E-state index is 0.111. The molecular weight excluding hydrogens is 392 g/mol. The maximum atomic E-state index is 13.0. The van der Waals surface area contributed by atoms with Crippen LogP contribution in [0.1, 0.15) is 81.6 Å². The number of fused-ring (bicyclic) bond motifs is 1. The van der Waals surface area contributed by atoms with Crippen LogP contribution in [-0.2, 0) is 6.54 Å². The molecule has 2 aromatic rings. The minimum atomic E-state index is -0.308. The third-order valence-corrected chi connectivity index (χ3v) is 6.17. The van der Waals surface area contributed by atoms with Crippen molar-refractivity contribution in [1.29, 1.82) is 0 Å². The standard InChI is InChI=1S/C25H28N2O4/c1-31-22-14-13-17(16-27-24(29)19-11-7-8-12-20(19)25(27)30)15-21(22)23(28)26-18-9-5-3-2-4-6-10-18/h7-8,11-15,18H,2-6,9-10,16H2,1H3,(H,26,28). The van der Waals surface area contributed by atoms with Gasteiger partial charge >= 0.3 is 0 Å². The number of benzene rings is 2. The Hall–Kier alpha value is -3.15. The number of carbonyl (C=O) groups is 3. The van der Waals surface area contributed by atoms with Crippen molar-refractivity contribution >= 4 is 17.7 Å². The van der Waals surface area contributed by atoms with Gasteiger partial charge in [-0.3, -0.25) is 19.3 Å². The van der Waals surface area contributed by atoms with Crippen LogP contribution in [-0.4, -0.2) is 35.8 Å². The van der Waals surface area contributed by atoms with Crippen LogP contribution < -0.4 is 10.1 Å². The Morgan fingerprint density at radius 1 is 0.968 bits per heavy atom. The van der Waals surface area contributed by atoms with E-state index in [0.29, 0.717) is 28.0 Å². The lowest BCUT2D eigenvalue weighted by atomic mass is 9.96. The van der Waals surface area contributed by atoms with E-state index in [2.05, 4.69) is 5.32 Å². The number of hydrogen-bond acceptors (Lipinski definition) is 4. The number of rotatable bonds is 5. The van der Waals surface area contributed by atoms with Crippen molar-refractivity contribution in [2.75, 3.05) is 7.11 Å². The highest BCUT2D eigenvalue weighted by Gasteiger charge is 2.35. The summed E-state index contributed by atoms with van der Waals surface area (Å²) in [5, 5.41) is 3.16. The van der Waals surface area contributed by atoms with E-state index in [4.69, 9.17) is 4.74 Å². The maximum Gasteiger partial charge on any atom is 0.261 e. The van der Waals surface area contributed by atoms with E-state index < -0.39 is 0 Å². The second kappa shape index (κ2) is 9.33. The molecule has 162 valence electrons. The number of methoxy groups -OCH3 is 1. The summed E-state index contributed by atoms with van der Waals surface area (Å²) >= 11 is 0.